The molecule has 92 valence electrons. The van der Waals surface area contributed by atoms with Gasteiger partial charge in [-0.25, -0.2) is 5.10 Å². The Morgan fingerprint density at radius 1 is 1.28 bits per heavy atom. The number of nitrogens with one attached hydrogen (secondary N) is 1. The molecule has 2 aromatic rings. The van der Waals surface area contributed by atoms with E-state index in [9.17, 15) is 9.59 Å². The lowest BCUT2D eigenvalue weighted by Crippen LogP contribution is -2.25. The Morgan fingerprint density at radius 3 is 2.56 bits per heavy atom. The highest BCUT2D eigenvalue weighted by Gasteiger charge is 2.23. The van der Waals surface area contributed by atoms with E-state index in [4.69, 9.17) is 5.73 Å². The fourth-order valence-corrected chi connectivity index (χ4v) is 2.20. The maximum Gasteiger partial charge on any atom is 0.264 e. The molecule has 0 bridgehead atoms. The predicted octanol–water partition coefficient (Wildman–Crippen LogP) is 1.15. The van der Waals surface area contributed by atoms with Crippen LogP contribution in [0.3, 0.4) is 0 Å². The molecule has 0 spiro atoms. The predicted molar refractivity (Wildman–Crippen MR) is 70.0 cm³/mol. The fraction of sp³-hybridized carbons (Fsp3) is 0.0833. The van der Waals surface area contributed by atoms with Crippen LogP contribution >= 0.6 is 15.9 Å². The molecule has 0 fully saturated rings. The van der Waals surface area contributed by atoms with Crippen LogP contribution in [0.4, 0.5) is 0 Å². The van der Waals surface area contributed by atoms with Crippen molar-refractivity contribution in [1.82, 2.24) is 10.2 Å². The number of halogens is 1. The highest BCUT2D eigenvalue weighted by molar-refractivity contribution is 9.10. The third-order valence-corrected chi connectivity index (χ3v) is 3.22. The summed E-state index contributed by atoms with van der Waals surface area (Å²) in [7, 11) is 0. The van der Waals surface area contributed by atoms with Crippen molar-refractivity contribution in [1.29, 1.82) is 0 Å². The Labute approximate surface area is 111 Å². The second-order valence-electron chi connectivity index (χ2n) is 3.70. The summed E-state index contributed by atoms with van der Waals surface area (Å²) in [5, 5.41) is 6.15. The first-order valence-corrected chi connectivity index (χ1v) is 5.98. The maximum absolute atomic E-state index is 11.6. The van der Waals surface area contributed by atoms with Crippen LogP contribution in [-0.2, 0) is 4.79 Å². The number of H-pyrrole nitrogens is 1. The number of hydrogen-bond donors (Lipinski definition) is 2. The van der Waals surface area contributed by atoms with E-state index >= 15 is 0 Å². The van der Waals surface area contributed by atoms with E-state index in [1.807, 2.05) is 18.2 Å². The number of nitrogens with zero attached hydrogens (tertiary/aromatic N) is 1. The zero-order valence-electron chi connectivity index (χ0n) is 9.26. The highest BCUT2D eigenvalue weighted by Crippen LogP contribution is 2.28. The zero-order valence-corrected chi connectivity index (χ0v) is 10.8. The molecule has 5 nitrogen and oxygen atoms in total. The van der Waals surface area contributed by atoms with E-state index in [0.29, 0.717) is 11.3 Å². The number of carbonyl (C=O) groups is 1. The van der Waals surface area contributed by atoms with Gasteiger partial charge in [-0.05, 0) is 17.7 Å². The van der Waals surface area contributed by atoms with Crippen LogP contribution in [0, 0.1) is 0 Å². The summed E-state index contributed by atoms with van der Waals surface area (Å²) in [5.41, 5.74) is 6.21. The second kappa shape index (κ2) is 5.14. The summed E-state index contributed by atoms with van der Waals surface area (Å²) < 4.78 is 0.766. The van der Waals surface area contributed by atoms with Crippen molar-refractivity contribution in [2.24, 2.45) is 5.73 Å². The van der Waals surface area contributed by atoms with Gasteiger partial charge in [0.2, 0.25) is 5.91 Å². The summed E-state index contributed by atoms with van der Waals surface area (Å²) in [6.45, 7) is 0. The van der Waals surface area contributed by atoms with Crippen molar-refractivity contribution < 1.29 is 4.79 Å². The molecule has 1 heterocycles. The van der Waals surface area contributed by atoms with Gasteiger partial charge in [-0.3, -0.25) is 9.59 Å². The van der Waals surface area contributed by atoms with Crippen molar-refractivity contribution in [2.45, 2.75) is 5.92 Å². The summed E-state index contributed by atoms with van der Waals surface area (Å²) in [6.07, 6.45) is 0. The molecule has 1 amide bonds. The van der Waals surface area contributed by atoms with Crippen LogP contribution in [0.2, 0.25) is 0 Å². The standard InChI is InChI=1S/C12H10BrN3O2/c13-8-4-2-1-3-7(8)11(12(14)18)9-5-6-10(17)16-15-9/h1-6,11H,(H2,14,18)(H,16,17)/t11-/m0/s1. The molecule has 0 aliphatic heterocycles. The lowest BCUT2D eigenvalue weighted by Gasteiger charge is -2.14. The molecule has 0 radical (unpaired) electrons. The molecular formula is C12H10BrN3O2. The van der Waals surface area contributed by atoms with Gasteiger partial charge < -0.3 is 5.73 Å². The molecule has 2 rings (SSSR count). The lowest BCUT2D eigenvalue weighted by molar-refractivity contribution is -0.118. The molecule has 0 unspecified atom stereocenters. The van der Waals surface area contributed by atoms with Crippen molar-refractivity contribution in [3.8, 4) is 0 Å². The van der Waals surface area contributed by atoms with Crippen molar-refractivity contribution in [3.63, 3.8) is 0 Å². The number of aromatic amines is 1. The normalized spacial score (nSPS) is 12.1. The fourth-order valence-electron chi connectivity index (χ4n) is 1.68. The van der Waals surface area contributed by atoms with Crippen molar-refractivity contribution in [2.75, 3.05) is 0 Å². The molecular weight excluding hydrogens is 298 g/mol. The average molecular weight is 308 g/mol. The zero-order chi connectivity index (χ0) is 13.1. The van der Waals surface area contributed by atoms with Gasteiger partial charge in [-0.1, -0.05) is 34.1 Å². The Morgan fingerprint density at radius 2 is 2.00 bits per heavy atom. The molecule has 1 aromatic heterocycles. The van der Waals surface area contributed by atoms with E-state index in [1.165, 1.54) is 12.1 Å². The van der Waals surface area contributed by atoms with Gasteiger partial charge in [0.05, 0.1) is 5.69 Å². The van der Waals surface area contributed by atoms with E-state index in [-0.39, 0.29) is 5.56 Å². The summed E-state index contributed by atoms with van der Waals surface area (Å²) >= 11 is 3.37. The number of amides is 1. The van der Waals surface area contributed by atoms with E-state index in [1.54, 1.807) is 6.07 Å². The molecule has 0 aliphatic rings. The van der Waals surface area contributed by atoms with Crippen LogP contribution < -0.4 is 11.3 Å². The van der Waals surface area contributed by atoms with E-state index in [2.05, 4.69) is 26.1 Å². The molecule has 0 saturated heterocycles. The maximum atomic E-state index is 11.6. The summed E-state index contributed by atoms with van der Waals surface area (Å²) in [5.74, 6) is -1.22. The molecule has 0 saturated carbocycles. The van der Waals surface area contributed by atoms with Gasteiger partial charge in [-0.2, -0.15) is 5.10 Å². The average Bonchev–Trinajstić information content (AvgIpc) is 2.34. The number of rotatable bonds is 3. The van der Waals surface area contributed by atoms with Gasteiger partial charge in [0.1, 0.15) is 5.92 Å². The second-order valence-corrected chi connectivity index (χ2v) is 4.56. The summed E-state index contributed by atoms with van der Waals surface area (Å²) in [4.78, 5) is 22.6. The number of benzene rings is 1. The Balaban J connectivity index is 2.53. The third-order valence-electron chi connectivity index (χ3n) is 2.50. The first-order chi connectivity index (χ1) is 8.59. The topological polar surface area (TPSA) is 88.8 Å². The van der Waals surface area contributed by atoms with Crippen molar-refractivity contribution >= 4 is 21.8 Å². The Hall–Kier alpha value is -1.95. The Bertz CT molecular complexity index is 619. The SMILES string of the molecule is NC(=O)[C@H](c1ccc(=O)[nH]n1)c1ccccc1Br. The number of carbonyl (C=O) groups excluding carboxylic acids is 1. The first kappa shape index (κ1) is 12.5. The van der Waals surface area contributed by atoms with Crippen LogP contribution in [0.5, 0.6) is 0 Å². The first-order valence-electron chi connectivity index (χ1n) is 5.19. The number of aromatic nitrogens is 2. The quantitative estimate of drug-likeness (QED) is 0.891. The van der Waals surface area contributed by atoms with Gasteiger partial charge in [0, 0.05) is 10.5 Å². The van der Waals surface area contributed by atoms with Gasteiger partial charge >= 0.3 is 0 Å². The number of nitrogens with two attached hydrogens (primary N) is 1. The van der Waals surface area contributed by atoms with Gasteiger partial charge in [-0.15, -0.1) is 0 Å². The van der Waals surface area contributed by atoms with Crippen LogP contribution in [-0.4, -0.2) is 16.1 Å². The lowest BCUT2D eigenvalue weighted by atomic mass is 9.95. The van der Waals surface area contributed by atoms with E-state index < -0.39 is 11.8 Å². The third kappa shape index (κ3) is 2.48. The molecule has 18 heavy (non-hydrogen) atoms. The molecule has 6 heteroatoms. The molecule has 1 atom stereocenters. The number of hydrogen-bond acceptors (Lipinski definition) is 3. The van der Waals surface area contributed by atoms with Crippen LogP contribution in [0.15, 0.2) is 45.7 Å². The van der Waals surface area contributed by atoms with Crippen LogP contribution in [0.25, 0.3) is 0 Å². The smallest absolute Gasteiger partial charge is 0.264 e. The highest BCUT2D eigenvalue weighted by atomic mass is 79.9. The van der Waals surface area contributed by atoms with Crippen molar-refractivity contribution in [3.05, 3.63) is 62.5 Å². The molecule has 0 aliphatic carbocycles. The largest absolute Gasteiger partial charge is 0.369 e. The molecule has 1 aromatic carbocycles. The van der Waals surface area contributed by atoms with E-state index in [0.717, 1.165) is 4.47 Å². The Kier molecular flexibility index (Phi) is 3.57. The van der Waals surface area contributed by atoms with Gasteiger partial charge in [0.15, 0.2) is 0 Å². The van der Waals surface area contributed by atoms with Crippen LogP contribution in [0.1, 0.15) is 17.2 Å². The minimum absolute atomic E-state index is 0.325. The molecule has 3 N–H and O–H groups in total. The number of primary amides is 1. The summed E-state index contributed by atoms with van der Waals surface area (Å²) in [6, 6.07) is 10.1. The minimum Gasteiger partial charge on any atom is -0.369 e. The van der Waals surface area contributed by atoms with Gasteiger partial charge in [0.25, 0.3) is 5.56 Å². The minimum atomic E-state index is -0.697. The monoisotopic (exact) mass is 307 g/mol.